The third kappa shape index (κ3) is 4.80. The van der Waals surface area contributed by atoms with Crippen LogP contribution in [0.5, 0.6) is 0 Å². The highest BCUT2D eigenvalue weighted by Crippen LogP contribution is 2.22. The van der Waals surface area contributed by atoms with Crippen LogP contribution in [-0.2, 0) is 9.53 Å². The highest BCUT2D eigenvalue weighted by atomic mass is 19.1. The Bertz CT molecular complexity index is 1210. The summed E-state index contributed by atoms with van der Waals surface area (Å²) in [7, 11) is 1.21. The van der Waals surface area contributed by atoms with Gasteiger partial charge in [-0.25, -0.2) is 13.5 Å². The van der Waals surface area contributed by atoms with Crippen molar-refractivity contribution >= 4 is 23.5 Å². The molecule has 0 aliphatic rings. The Morgan fingerprint density at radius 3 is 2.50 bits per heavy atom. The number of nitrogens with one attached hydrogen (secondary N) is 2. The normalized spacial score (nSPS) is 10.5. The molecular formula is C22H20F2N4O4. The molecule has 0 aliphatic carbocycles. The van der Waals surface area contributed by atoms with Gasteiger partial charge in [-0.2, -0.15) is 5.10 Å². The summed E-state index contributed by atoms with van der Waals surface area (Å²) >= 11 is 0. The largest absolute Gasteiger partial charge is 0.468 e. The highest BCUT2D eigenvalue weighted by molar-refractivity contribution is 6.06. The van der Waals surface area contributed by atoms with Gasteiger partial charge in [-0.3, -0.25) is 14.4 Å². The van der Waals surface area contributed by atoms with Crippen molar-refractivity contribution in [2.45, 2.75) is 13.8 Å². The van der Waals surface area contributed by atoms with E-state index < -0.39 is 29.4 Å². The number of ether oxygens (including phenoxy) is 1. The van der Waals surface area contributed by atoms with E-state index in [0.717, 1.165) is 12.1 Å². The molecule has 0 unspecified atom stereocenters. The number of hydrogen-bond acceptors (Lipinski definition) is 5. The molecule has 0 bridgehead atoms. The topological polar surface area (TPSA) is 102 Å². The second kappa shape index (κ2) is 9.38. The van der Waals surface area contributed by atoms with Crippen molar-refractivity contribution < 1.29 is 27.9 Å². The maximum Gasteiger partial charge on any atom is 0.325 e. The number of carbonyl (C=O) groups excluding carboxylic acids is 3. The van der Waals surface area contributed by atoms with Crippen molar-refractivity contribution in [3.8, 4) is 5.69 Å². The van der Waals surface area contributed by atoms with E-state index in [-0.39, 0.29) is 23.4 Å². The van der Waals surface area contributed by atoms with E-state index >= 15 is 0 Å². The van der Waals surface area contributed by atoms with E-state index in [1.165, 1.54) is 30.0 Å². The predicted octanol–water partition coefficient (Wildman–Crippen LogP) is 2.92. The van der Waals surface area contributed by atoms with Crippen LogP contribution in [0.25, 0.3) is 5.69 Å². The number of aryl methyl sites for hydroxylation is 1. The maximum atomic E-state index is 14.2. The molecule has 3 rings (SSSR count). The number of rotatable bonds is 6. The number of nitrogens with zero attached hydrogens (tertiary/aromatic N) is 2. The first-order valence-corrected chi connectivity index (χ1v) is 9.49. The zero-order valence-corrected chi connectivity index (χ0v) is 17.5. The van der Waals surface area contributed by atoms with E-state index in [9.17, 15) is 23.2 Å². The van der Waals surface area contributed by atoms with Crippen molar-refractivity contribution in [2.75, 3.05) is 19.0 Å². The molecule has 1 aromatic heterocycles. The SMILES string of the molecule is COC(=O)CNC(=O)c1cccc(NC(=O)c2c(C)nn(-c3ccc(F)cc3F)c2C)c1. The van der Waals surface area contributed by atoms with E-state index in [0.29, 0.717) is 17.1 Å². The fourth-order valence-electron chi connectivity index (χ4n) is 3.12. The molecular weight excluding hydrogens is 422 g/mol. The first-order valence-electron chi connectivity index (χ1n) is 9.49. The van der Waals surface area contributed by atoms with E-state index in [4.69, 9.17) is 0 Å². The number of hydrogen-bond donors (Lipinski definition) is 2. The fourth-order valence-corrected chi connectivity index (χ4v) is 3.12. The molecule has 0 fully saturated rings. The monoisotopic (exact) mass is 442 g/mol. The third-order valence-electron chi connectivity index (χ3n) is 4.66. The average Bonchev–Trinajstić information content (AvgIpc) is 3.05. The molecule has 0 radical (unpaired) electrons. The molecule has 8 nitrogen and oxygen atoms in total. The molecule has 3 aromatic rings. The summed E-state index contributed by atoms with van der Waals surface area (Å²) in [6.45, 7) is 2.90. The first kappa shape index (κ1) is 22.6. The van der Waals surface area contributed by atoms with Gasteiger partial charge in [0.2, 0.25) is 0 Å². The van der Waals surface area contributed by atoms with Crippen LogP contribution in [0, 0.1) is 25.5 Å². The van der Waals surface area contributed by atoms with Gasteiger partial charge in [-0.1, -0.05) is 6.07 Å². The molecule has 10 heteroatoms. The fraction of sp³-hybridized carbons (Fsp3) is 0.182. The molecule has 0 spiro atoms. The number of halogens is 2. The van der Waals surface area contributed by atoms with Gasteiger partial charge < -0.3 is 15.4 Å². The number of benzene rings is 2. The molecule has 166 valence electrons. The van der Waals surface area contributed by atoms with Crippen LogP contribution in [0.15, 0.2) is 42.5 Å². The quantitative estimate of drug-likeness (QED) is 0.572. The van der Waals surface area contributed by atoms with Crippen LogP contribution in [0.2, 0.25) is 0 Å². The van der Waals surface area contributed by atoms with Crippen LogP contribution in [0.4, 0.5) is 14.5 Å². The van der Waals surface area contributed by atoms with E-state index in [2.05, 4.69) is 20.5 Å². The third-order valence-corrected chi connectivity index (χ3v) is 4.66. The van der Waals surface area contributed by atoms with Crippen molar-refractivity contribution in [2.24, 2.45) is 0 Å². The molecule has 1 heterocycles. The molecule has 2 aromatic carbocycles. The maximum absolute atomic E-state index is 14.2. The minimum Gasteiger partial charge on any atom is -0.468 e. The number of aromatic nitrogens is 2. The van der Waals surface area contributed by atoms with E-state index in [1.54, 1.807) is 26.0 Å². The number of amides is 2. The second-order valence-corrected chi connectivity index (χ2v) is 6.85. The Morgan fingerprint density at radius 2 is 1.81 bits per heavy atom. The molecule has 2 amide bonds. The lowest BCUT2D eigenvalue weighted by molar-refractivity contribution is -0.139. The Kier molecular flexibility index (Phi) is 6.62. The number of anilines is 1. The first-order chi connectivity index (χ1) is 15.2. The number of methoxy groups -OCH3 is 1. The summed E-state index contributed by atoms with van der Waals surface area (Å²) in [5.74, 6) is -3.16. The Balaban J connectivity index is 1.82. The zero-order valence-electron chi connectivity index (χ0n) is 17.5. The lowest BCUT2D eigenvalue weighted by Gasteiger charge is -2.09. The van der Waals surface area contributed by atoms with Crippen molar-refractivity contribution in [3.05, 3.63) is 76.6 Å². The zero-order chi connectivity index (χ0) is 23.4. The number of esters is 1. The highest BCUT2D eigenvalue weighted by Gasteiger charge is 2.21. The molecule has 0 saturated carbocycles. The van der Waals surface area contributed by atoms with Crippen LogP contribution in [0.1, 0.15) is 32.1 Å². The van der Waals surface area contributed by atoms with Gasteiger partial charge >= 0.3 is 5.97 Å². The van der Waals surface area contributed by atoms with Crippen molar-refractivity contribution in [1.29, 1.82) is 0 Å². The Hall–Kier alpha value is -4.08. The summed E-state index contributed by atoms with van der Waals surface area (Å²) in [4.78, 5) is 36.3. The smallest absolute Gasteiger partial charge is 0.325 e. The van der Waals surface area contributed by atoms with E-state index in [1.807, 2.05) is 0 Å². The van der Waals surface area contributed by atoms with Crippen molar-refractivity contribution in [3.63, 3.8) is 0 Å². The summed E-state index contributed by atoms with van der Waals surface area (Å²) < 4.78 is 33.1. The molecule has 32 heavy (non-hydrogen) atoms. The second-order valence-electron chi connectivity index (χ2n) is 6.85. The predicted molar refractivity (Wildman–Crippen MR) is 112 cm³/mol. The average molecular weight is 442 g/mol. The summed E-state index contributed by atoms with van der Waals surface area (Å²) in [5.41, 5.74) is 1.49. The molecule has 2 N–H and O–H groups in total. The van der Waals surface area contributed by atoms with Gasteiger partial charge in [0.25, 0.3) is 11.8 Å². The van der Waals surface area contributed by atoms with Gasteiger partial charge in [-0.15, -0.1) is 0 Å². The lowest BCUT2D eigenvalue weighted by atomic mass is 10.1. The van der Waals surface area contributed by atoms with Gasteiger partial charge in [0.1, 0.15) is 18.0 Å². The van der Waals surface area contributed by atoms with Crippen LogP contribution >= 0.6 is 0 Å². The van der Waals surface area contributed by atoms with Crippen molar-refractivity contribution in [1.82, 2.24) is 15.1 Å². The standard InChI is InChI=1S/C22H20F2N4O4/c1-12-20(13(2)28(27-12)18-8-7-15(23)10-17(18)24)22(31)26-16-6-4-5-14(9-16)21(30)25-11-19(29)32-3/h4-10H,11H2,1-3H3,(H,25,30)(H,26,31). The Labute approximate surface area is 182 Å². The minimum absolute atomic E-state index is 0.00956. The van der Waals surface area contributed by atoms with Crippen LogP contribution in [0.3, 0.4) is 0 Å². The molecule has 0 saturated heterocycles. The van der Waals surface area contributed by atoms with Gasteiger partial charge in [-0.05, 0) is 44.2 Å². The lowest BCUT2D eigenvalue weighted by Crippen LogP contribution is -2.30. The van der Waals surface area contributed by atoms with Gasteiger partial charge in [0, 0.05) is 17.3 Å². The van der Waals surface area contributed by atoms with Crippen LogP contribution < -0.4 is 10.6 Å². The minimum atomic E-state index is -0.812. The molecule has 0 aliphatic heterocycles. The summed E-state index contributed by atoms with van der Waals surface area (Å²) in [6, 6.07) is 9.20. The summed E-state index contributed by atoms with van der Waals surface area (Å²) in [6.07, 6.45) is 0. The van der Waals surface area contributed by atoms with Gasteiger partial charge in [0.15, 0.2) is 5.82 Å². The van der Waals surface area contributed by atoms with Crippen LogP contribution in [-0.4, -0.2) is 41.2 Å². The molecule has 0 atom stereocenters. The summed E-state index contributed by atoms with van der Waals surface area (Å²) in [5, 5.41) is 9.30. The number of carbonyl (C=O) groups is 3. The Morgan fingerprint density at radius 1 is 1.06 bits per heavy atom. The van der Waals surface area contributed by atoms with Gasteiger partial charge in [0.05, 0.1) is 24.1 Å².